The Hall–Kier alpha value is -1.06. The molecule has 0 saturated carbocycles. The van der Waals surface area contributed by atoms with E-state index in [0.29, 0.717) is 6.04 Å². The van der Waals surface area contributed by atoms with Crippen LogP contribution in [0.5, 0.6) is 0 Å². The van der Waals surface area contributed by atoms with Crippen LogP contribution in [0.15, 0.2) is 40.9 Å². The largest absolute Gasteiger partial charge is 0.369 e. The number of nitrogens with zero attached hydrogens (tertiary/aromatic N) is 1. The highest BCUT2D eigenvalue weighted by atomic mass is 79.9. The van der Waals surface area contributed by atoms with Crippen LogP contribution in [0.3, 0.4) is 0 Å². The standard InChI is InChI=1S/C16H19BrN2/c1-2-15-11-19(8-7-18-15)16-6-4-12-9-14(17)5-3-13(12)10-16/h3-6,9-10,15,18H,2,7-8,11H2,1H3. The van der Waals surface area contributed by atoms with E-state index in [1.165, 1.54) is 22.9 Å². The number of anilines is 1. The maximum atomic E-state index is 3.57. The van der Waals surface area contributed by atoms with Gasteiger partial charge in [-0.25, -0.2) is 0 Å². The van der Waals surface area contributed by atoms with Gasteiger partial charge in [0.1, 0.15) is 0 Å². The fraction of sp³-hybridized carbons (Fsp3) is 0.375. The van der Waals surface area contributed by atoms with Crippen molar-refractivity contribution in [2.75, 3.05) is 24.5 Å². The van der Waals surface area contributed by atoms with E-state index >= 15 is 0 Å². The molecule has 0 spiro atoms. The fourth-order valence-corrected chi connectivity index (χ4v) is 3.11. The third-order valence-corrected chi connectivity index (χ3v) is 4.39. The molecular formula is C16H19BrN2. The Balaban J connectivity index is 1.90. The molecule has 1 aliphatic heterocycles. The zero-order chi connectivity index (χ0) is 13.2. The molecule has 2 nitrogen and oxygen atoms in total. The zero-order valence-corrected chi connectivity index (χ0v) is 12.8. The van der Waals surface area contributed by atoms with Crippen LogP contribution in [-0.2, 0) is 0 Å². The first-order chi connectivity index (χ1) is 9.26. The Bertz CT molecular complexity index is 582. The van der Waals surface area contributed by atoms with E-state index in [1.54, 1.807) is 0 Å². The number of hydrogen-bond donors (Lipinski definition) is 1. The minimum atomic E-state index is 0.620. The summed E-state index contributed by atoms with van der Waals surface area (Å²) in [6, 6.07) is 13.9. The van der Waals surface area contributed by atoms with Crippen molar-refractivity contribution in [3.8, 4) is 0 Å². The molecule has 1 fully saturated rings. The molecule has 0 amide bonds. The van der Waals surface area contributed by atoms with Crippen LogP contribution < -0.4 is 10.2 Å². The van der Waals surface area contributed by atoms with Crippen LogP contribution in [0.25, 0.3) is 10.8 Å². The van der Waals surface area contributed by atoms with Gasteiger partial charge in [-0.15, -0.1) is 0 Å². The summed E-state index contributed by atoms with van der Waals surface area (Å²) in [5.74, 6) is 0. The lowest BCUT2D eigenvalue weighted by atomic mass is 10.1. The molecule has 3 heteroatoms. The van der Waals surface area contributed by atoms with E-state index in [2.05, 4.69) is 69.5 Å². The van der Waals surface area contributed by atoms with E-state index in [0.717, 1.165) is 24.1 Å². The van der Waals surface area contributed by atoms with Gasteiger partial charge in [-0.1, -0.05) is 35.0 Å². The maximum absolute atomic E-state index is 3.57. The van der Waals surface area contributed by atoms with E-state index in [4.69, 9.17) is 0 Å². The summed E-state index contributed by atoms with van der Waals surface area (Å²) in [6.45, 7) is 5.53. The van der Waals surface area contributed by atoms with Gasteiger partial charge < -0.3 is 10.2 Å². The molecule has 0 aliphatic carbocycles. The fourth-order valence-electron chi connectivity index (χ4n) is 2.73. The number of fused-ring (bicyclic) bond motifs is 1. The summed E-state index contributed by atoms with van der Waals surface area (Å²) in [6.07, 6.45) is 1.19. The lowest BCUT2D eigenvalue weighted by Crippen LogP contribution is -2.50. The normalized spacial score (nSPS) is 19.9. The Morgan fingerprint density at radius 1 is 1.21 bits per heavy atom. The van der Waals surface area contributed by atoms with Crippen LogP contribution in [0.1, 0.15) is 13.3 Å². The third kappa shape index (κ3) is 2.77. The van der Waals surface area contributed by atoms with E-state index in [-0.39, 0.29) is 0 Å². The molecule has 1 aliphatic rings. The highest BCUT2D eigenvalue weighted by molar-refractivity contribution is 9.10. The summed E-state index contributed by atoms with van der Waals surface area (Å²) in [7, 11) is 0. The lowest BCUT2D eigenvalue weighted by Gasteiger charge is -2.35. The van der Waals surface area contributed by atoms with Crippen molar-refractivity contribution in [3.63, 3.8) is 0 Å². The van der Waals surface area contributed by atoms with Crippen molar-refractivity contribution in [1.29, 1.82) is 0 Å². The van der Waals surface area contributed by atoms with Gasteiger partial charge in [0, 0.05) is 35.8 Å². The number of nitrogens with one attached hydrogen (secondary N) is 1. The topological polar surface area (TPSA) is 15.3 Å². The Morgan fingerprint density at radius 3 is 2.84 bits per heavy atom. The summed E-state index contributed by atoms with van der Waals surface area (Å²) >= 11 is 3.53. The van der Waals surface area contributed by atoms with Crippen molar-refractivity contribution in [1.82, 2.24) is 5.32 Å². The average molecular weight is 319 g/mol. The first-order valence-electron chi connectivity index (χ1n) is 6.94. The molecule has 0 aromatic heterocycles. The second-order valence-electron chi connectivity index (χ2n) is 5.18. The SMILES string of the molecule is CCC1CN(c2ccc3cc(Br)ccc3c2)CCN1. The smallest absolute Gasteiger partial charge is 0.0373 e. The van der Waals surface area contributed by atoms with Crippen molar-refractivity contribution < 1.29 is 0 Å². The number of halogens is 1. The minimum Gasteiger partial charge on any atom is -0.369 e. The molecular weight excluding hydrogens is 300 g/mol. The third-order valence-electron chi connectivity index (χ3n) is 3.90. The Labute approximate surface area is 122 Å². The molecule has 2 aromatic rings. The van der Waals surface area contributed by atoms with Gasteiger partial charge in [-0.2, -0.15) is 0 Å². The van der Waals surface area contributed by atoms with Gasteiger partial charge in [0.05, 0.1) is 0 Å². The van der Waals surface area contributed by atoms with E-state index in [9.17, 15) is 0 Å². The molecule has 2 aromatic carbocycles. The number of piperazine rings is 1. The van der Waals surface area contributed by atoms with Gasteiger partial charge in [-0.05, 0) is 41.5 Å². The zero-order valence-electron chi connectivity index (χ0n) is 11.2. The maximum Gasteiger partial charge on any atom is 0.0373 e. The van der Waals surface area contributed by atoms with Gasteiger partial charge in [-0.3, -0.25) is 0 Å². The summed E-state index contributed by atoms with van der Waals surface area (Å²) in [5.41, 5.74) is 1.34. The minimum absolute atomic E-state index is 0.620. The van der Waals surface area contributed by atoms with Gasteiger partial charge in [0.25, 0.3) is 0 Å². The van der Waals surface area contributed by atoms with Crippen LogP contribution in [-0.4, -0.2) is 25.7 Å². The average Bonchev–Trinajstić information content (AvgIpc) is 2.46. The van der Waals surface area contributed by atoms with Gasteiger partial charge in [0.15, 0.2) is 0 Å². The van der Waals surface area contributed by atoms with Crippen molar-refractivity contribution >= 4 is 32.4 Å². The van der Waals surface area contributed by atoms with E-state index < -0.39 is 0 Å². The summed E-state index contributed by atoms with van der Waals surface area (Å²) in [4.78, 5) is 2.49. The molecule has 19 heavy (non-hydrogen) atoms. The number of hydrogen-bond acceptors (Lipinski definition) is 2. The molecule has 0 bridgehead atoms. The Kier molecular flexibility index (Phi) is 3.76. The summed E-state index contributed by atoms with van der Waals surface area (Å²) < 4.78 is 1.14. The van der Waals surface area contributed by atoms with Crippen molar-refractivity contribution in [3.05, 3.63) is 40.9 Å². The highest BCUT2D eigenvalue weighted by Crippen LogP contribution is 2.25. The van der Waals surface area contributed by atoms with Crippen LogP contribution >= 0.6 is 15.9 Å². The number of benzene rings is 2. The van der Waals surface area contributed by atoms with Crippen LogP contribution in [0.2, 0.25) is 0 Å². The molecule has 1 heterocycles. The quantitative estimate of drug-likeness (QED) is 0.906. The van der Waals surface area contributed by atoms with Crippen LogP contribution in [0.4, 0.5) is 5.69 Å². The van der Waals surface area contributed by atoms with Gasteiger partial charge in [0.2, 0.25) is 0 Å². The molecule has 1 N–H and O–H groups in total. The first kappa shape index (κ1) is 12.9. The first-order valence-corrected chi connectivity index (χ1v) is 7.73. The molecule has 3 rings (SSSR count). The van der Waals surface area contributed by atoms with Crippen molar-refractivity contribution in [2.24, 2.45) is 0 Å². The summed E-state index contributed by atoms with van der Waals surface area (Å²) in [5, 5.41) is 6.17. The molecule has 0 radical (unpaired) electrons. The lowest BCUT2D eigenvalue weighted by molar-refractivity contribution is 0.447. The molecule has 1 unspecified atom stereocenters. The van der Waals surface area contributed by atoms with Gasteiger partial charge >= 0.3 is 0 Å². The highest BCUT2D eigenvalue weighted by Gasteiger charge is 2.17. The molecule has 100 valence electrons. The molecule has 1 saturated heterocycles. The number of rotatable bonds is 2. The predicted octanol–water partition coefficient (Wildman–Crippen LogP) is 3.79. The van der Waals surface area contributed by atoms with E-state index in [1.807, 2.05) is 0 Å². The second-order valence-corrected chi connectivity index (χ2v) is 6.10. The predicted molar refractivity (Wildman–Crippen MR) is 85.9 cm³/mol. The van der Waals surface area contributed by atoms with Crippen LogP contribution in [0, 0.1) is 0 Å². The Morgan fingerprint density at radius 2 is 2.00 bits per heavy atom. The van der Waals surface area contributed by atoms with Crippen molar-refractivity contribution in [2.45, 2.75) is 19.4 Å². The molecule has 1 atom stereocenters. The monoisotopic (exact) mass is 318 g/mol. The second kappa shape index (κ2) is 5.51.